The zero-order valence-electron chi connectivity index (χ0n) is 7.84. The van der Waals surface area contributed by atoms with Crippen molar-refractivity contribution in [2.45, 2.75) is 19.3 Å². The molecule has 0 bridgehead atoms. The summed E-state index contributed by atoms with van der Waals surface area (Å²) in [7, 11) is 0. The molecule has 0 aliphatic heterocycles. The Balaban J connectivity index is 2.29. The second-order valence-corrected chi connectivity index (χ2v) is 4.71. The van der Waals surface area contributed by atoms with E-state index >= 15 is 0 Å². The minimum Gasteiger partial charge on any atom is -0.293 e. The van der Waals surface area contributed by atoms with Crippen molar-refractivity contribution in [3.63, 3.8) is 0 Å². The Morgan fingerprint density at radius 3 is 2.53 bits per heavy atom. The predicted octanol–water partition coefficient (Wildman–Crippen LogP) is 3.68. The average molecular weight is 275 g/mol. The van der Waals surface area contributed by atoms with Gasteiger partial charge in [0.15, 0.2) is 5.78 Å². The normalized spacial score (nSPS) is 17.9. The van der Waals surface area contributed by atoms with Gasteiger partial charge in [-0.2, -0.15) is 0 Å². The summed E-state index contributed by atoms with van der Waals surface area (Å²) in [6.45, 7) is 0. The highest BCUT2D eigenvalue weighted by Crippen LogP contribution is 2.52. The van der Waals surface area contributed by atoms with Gasteiger partial charge in [0.2, 0.25) is 0 Å². The molecule has 1 aliphatic carbocycles. The molecule has 0 N–H and O–H groups in total. The van der Waals surface area contributed by atoms with E-state index in [0.717, 1.165) is 4.47 Å². The fourth-order valence-corrected chi connectivity index (χ4v) is 2.00. The zero-order valence-corrected chi connectivity index (χ0v) is 9.43. The van der Waals surface area contributed by atoms with E-state index in [4.69, 9.17) is 0 Å². The lowest BCUT2D eigenvalue weighted by molar-refractivity contribution is 0.0472. The van der Waals surface area contributed by atoms with Crippen molar-refractivity contribution in [1.29, 1.82) is 0 Å². The van der Waals surface area contributed by atoms with Crippen molar-refractivity contribution >= 4 is 21.7 Å². The quantitative estimate of drug-likeness (QED) is 0.769. The average Bonchev–Trinajstić information content (AvgIpc) is 2.97. The van der Waals surface area contributed by atoms with E-state index in [1.165, 1.54) is 0 Å². The lowest BCUT2D eigenvalue weighted by Gasteiger charge is -2.12. The van der Waals surface area contributed by atoms with Crippen molar-refractivity contribution in [3.05, 3.63) is 34.3 Å². The topological polar surface area (TPSA) is 17.1 Å². The smallest absolute Gasteiger partial charge is 0.251 e. The molecule has 2 rings (SSSR count). The summed E-state index contributed by atoms with van der Waals surface area (Å²) < 4.78 is 26.1. The molecule has 0 amide bonds. The maximum atomic E-state index is 12.7. The SMILES string of the molecule is O=C(c1cccc(Br)c1)C1(C(F)F)CC1. The summed E-state index contributed by atoms with van der Waals surface area (Å²) in [6.07, 6.45) is -1.95. The third kappa shape index (κ3) is 1.83. The molecule has 1 aliphatic rings. The summed E-state index contributed by atoms with van der Waals surface area (Å²) in [5.41, 5.74) is -1.02. The molecule has 0 atom stereocenters. The van der Waals surface area contributed by atoms with E-state index in [1.54, 1.807) is 24.3 Å². The fourth-order valence-electron chi connectivity index (χ4n) is 1.60. The number of rotatable bonds is 3. The van der Waals surface area contributed by atoms with Crippen LogP contribution in [0.5, 0.6) is 0 Å². The highest BCUT2D eigenvalue weighted by Gasteiger charge is 2.57. The Morgan fingerprint density at radius 2 is 2.07 bits per heavy atom. The third-order valence-electron chi connectivity index (χ3n) is 2.75. The van der Waals surface area contributed by atoms with E-state index in [1.807, 2.05) is 0 Å². The van der Waals surface area contributed by atoms with Gasteiger partial charge in [-0.05, 0) is 25.0 Å². The van der Waals surface area contributed by atoms with Crippen molar-refractivity contribution in [3.8, 4) is 0 Å². The van der Waals surface area contributed by atoms with Crippen LogP contribution in [0.2, 0.25) is 0 Å². The fraction of sp³-hybridized carbons (Fsp3) is 0.364. The van der Waals surface area contributed by atoms with Crippen LogP contribution in [0.15, 0.2) is 28.7 Å². The van der Waals surface area contributed by atoms with Crippen LogP contribution in [0.25, 0.3) is 0 Å². The van der Waals surface area contributed by atoms with Gasteiger partial charge in [0.05, 0.1) is 5.41 Å². The standard InChI is InChI=1S/C11H9BrF2O/c12-8-3-1-2-7(6-8)9(15)11(4-5-11)10(13)14/h1-3,6,10H,4-5H2. The molecule has 15 heavy (non-hydrogen) atoms. The van der Waals surface area contributed by atoms with E-state index in [-0.39, 0.29) is 0 Å². The number of carbonyl (C=O) groups excluding carboxylic acids is 1. The Kier molecular flexibility index (Phi) is 2.63. The number of Topliss-reactive ketones (excluding diaryl/α,β-unsaturated/α-hetero) is 1. The minimum atomic E-state index is -2.55. The van der Waals surface area contributed by atoms with Crippen LogP contribution in [-0.2, 0) is 0 Å². The predicted molar refractivity (Wildman–Crippen MR) is 56.1 cm³/mol. The Hall–Kier alpha value is -0.770. The van der Waals surface area contributed by atoms with Crippen LogP contribution in [0, 0.1) is 5.41 Å². The van der Waals surface area contributed by atoms with Gasteiger partial charge in [-0.3, -0.25) is 4.79 Å². The van der Waals surface area contributed by atoms with Crippen LogP contribution in [0.3, 0.4) is 0 Å². The first-order chi connectivity index (χ1) is 7.06. The summed E-state index contributed by atoms with van der Waals surface area (Å²) in [5, 5.41) is 0. The molecular weight excluding hydrogens is 266 g/mol. The lowest BCUT2D eigenvalue weighted by atomic mass is 9.95. The number of alkyl halides is 2. The largest absolute Gasteiger partial charge is 0.293 e. The maximum absolute atomic E-state index is 12.7. The summed E-state index contributed by atoms with van der Waals surface area (Å²) in [6, 6.07) is 6.61. The maximum Gasteiger partial charge on any atom is 0.251 e. The number of ketones is 1. The first-order valence-electron chi connectivity index (χ1n) is 4.65. The molecule has 1 saturated carbocycles. The molecule has 0 unspecified atom stereocenters. The van der Waals surface area contributed by atoms with E-state index in [2.05, 4.69) is 15.9 Å². The molecular formula is C11H9BrF2O. The van der Waals surface area contributed by atoms with Crippen molar-refractivity contribution in [2.75, 3.05) is 0 Å². The first-order valence-corrected chi connectivity index (χ1v) is 5.44. The molecule has 1 fully saturated rings. The Labute approximate surface area is 94.6 Å². The molecule has 1 aromatic carbocycles. The highest BCUT2D eigenvalue weighted by atomic mass is 79.9. The Bertz CT molecular complexity index is 399. The summed E-state index contributed by atoms with van der Waals surface area (Å²) in [4.78, 5) is 11.8. The lowest BCUT2D eigenvalue weighted by Crippen LogP contribution is -2.24. The molecule has 1 nitrogen and oxygen atoms in total. The third-order valence-corrected chi connectivity index (χ3v) is 3.24. The van der Waals surface area contributed by atoms with E-state index < -0.39 is 17.6 Å². The van der Waals surface area contributed by atoms with Crippen molar-refractivity contribution in [2.24, 2.45) is 5.41 Å². The number of benzene rings is 1. The van der Waals surface area contributed by atoms with Gasteiger partial charge < -0.3 is 0 Å². The first kappa shape index (κ1) is 10.7. The van der Waals surface area contributed by atoms with Crippen LogP contribution in [0.4, 0.5) is 8.78 Å². The number of hydrogen-bond donors (Lipinski definition) is 0. The van der Waals surface area contributed by atoms with E-state index in [9.17, 15) is 13.6 Å². The van der Waals surface area contributed by atoms with Gasteiger partial charge in [-0.15, -0.1) is 0 Å². The molecule has 0 spiro atoms. The summed E-state index contributed by atoms with van der Waals surface area (Å²) >= 11 is 3.21. The van der Waals surface area contributed by atoms with Gasteiger partial charge in [0, 0.05) is 10.0 Å². The Morgan fingerprint density at radius 1 is 1.40 bits per heavy atom. The van der Waals surface area contributed by atoms with Gasteiger partial charge in [0.1, 0.15) is 0 Å². The molecule has 4 heteroatoms. The number of hydrogen-bond acceptors (Lipinski definition) is 1. The highest BCUT2D eigenvalue weighted by molar-refractivity contribution is 9.10. The second-order valence-electron chi connectivity index (χ2n) is 3.80. The van der Waals surface area contributed by atoms with Gasteiger partial charge in [0.25, 0.3) is 6.43 Å². The number of carbonyl (C=O) groups is 1. The van der Waals surface area contributed by atoms with Crippen LogP contribution in [-0.4, -0.2) is 12.2 Å². The molecule has 0 saturated heterocycles. The minimum absolute atomic E-state index is 0.302. The molecule has 1 aromatic rings. The van der Waals surface area contributed by atoms with Gasteiger partial charge in [-0.25, -0.2) is 8.78 Å². The van der Waals surface area contributed by atoms with Crippen LogP contribution >= 0.6 is 15.9 Å². The van der Waals surface area contributed by atoms with Gasteiger partial charge >= 0.3 is 0 Å². The molecule has 0 heterocycles. The van der Waals surface area contributed by atoms with Crippen LogP contribution < -0.4 is 0 Å². The van der Waals surface area contributed by atoms with E-state index in [0.29, 0.717) is 18.4 Å². The van der Waals surface area contributed by atoms with Crippen molar-refractivity contribution in [1.82, 2.24) is 0 Å². The molecule has 0 radical (unpaired) electrons. The van der Waals surface area contributed by atoms with Crippen molar-refractivity contribution < 1.29 is 13.6 Å². The zero-order chi connectivity index (χ0) is 11.1. The monoisotopic (exact) mass is 274 g/mol. The van der Waals surface area contributed by atoms with Gasteiger partial charge in [-0.1, -0.05) is 28.1 Å². The molecule has 0 aromatic heterocycles. The summed E-state index contributed by atoms with van der Waals surface area (Å²) in [5.74, 6) is -0.432. The second kappa shape index (κ2) is 3.67. The number of halogens is 3. The molecule has 80 valence electrons. The van der Waals surface area contributed by atoms with Crippen LogP contribution in [0.1, 0.15) is 23.2 Å².